The summed E-state index contributed by atoms with van der Waals surface area (Å²) < 4.78 is 2.32. The Labute approximate surface area is 154 Å². The van der Waals surface area contributed by atoms with Gasteiger partial charge in [-0.2, -0.15) is 0 Å². The Kier molecular flexibility index (Phi) is 7.23. The number of benzene rings is 2. The quantitative estimate of drug-likeness (QED) is 0.775. The monoisotopic (exact) mass is 352 g/mol. The molecule has 2 nitrogen and oxygen atoms in total. The highest BCUT2D eigenvalue weighted by Crippen LogP contribution is 2.28. The van der Waals surface area contributed by atoms with Crippen LogP contribution in [0.5, 0.6) is 0 Å². The van der Waals surface area contributed by atoms with Gasteiger partial charge >= 0.3 is 0 Å². The predicted octanol–water partition coefficient (Wildman–Crippen LogP) is 3.28. The Balaban J connectivity index is 2.25. The summed E-state index contributed by atoms with van der Waals surface area (Å²) >= 11 is 0. The van der Waals surface area contributed by atoms with E-state index in [1.807, 2.05) is 6.07 Å². The Morgan fingerprint density at radius 2 is 1.76 bits per heavy atom. The van der Waals surface area contributed by atoms with Gasteiger partial charge in [-0.1, -0.05) is 71.7 Å². The van der Waals surface area contributed by atoms with Crippen LogP contribution in [0.1, 0.15) is 19.4 Å². The molecule has 1 atom stereocenters. The summed E-state index contributed by atoms with van der Waals surface area (Å²) in [5.41, 5.74) is 7.91. The average molecular weight is 353 g/mol. The van der Waals surface area contributed by atoms with Crippen LogP contribution in [-0.4, -0.2) is 23.3 Å². The van der Waals surface area contributed by atoms with Crippen molar-refractivity contribution in [2.75, 3.05) is 13.1 Å². The first-order chi connectivity index (χ1) is 12.0. The summed E-state index contributed by atoms with van der Waals surface area (Å²) in [6.45, 7) is 9.59. The van der Waals surface area contributed by atoms with Crippen molar-refractivity contribution in [2.24, 2.45) is 5.73 Å². The van der Waals surface area contributed by atoms with Gasteiger partial charge in [0.05, 0.1) is 0 Å². The van der Waals surface area contributed by atoms with Crippen LogP contribution in [0.15, 0.2) is 65.7 Å². The van der Waals surface area contributed by atoms with Crippen LogP contribution in [-0.2, 0) is 6.42 Å². The lowest BCUT2D eigenvalue weighted by Gasteiger charge is -2.26. The van der Waals surface area contributed by atoms with Gasteiger partial charge in [-0.25, -0.2) is 4.31 Å². The molecule has 0 saturated carbocycles. The molecule has 0 aromatic heterocycles. The van der Waals surface area contributed by atoms with Crippen molar-refractivity contribution in [3.05, 3.63) is 76.8 Å². The first kappa shape index (κ1) is 19.2. The average Bonchev–Trinajstić information content (AvgIpc) is 2.64. The zero-order chi connectivity index (χ0) is 18.2. The molecule has 0 saturated heterocycles. The van der Waals surface area contributed by atoms with Crippen LogP contribution in [0, 0.1) is 0 Å². The van der Waals surface area contributed by atoms with Crippen molar-refractivity contribution >= 4 is 28.7 Å². The number of hydrogen-bond acceptors (Lipinski definition) is 2. The topological polar surface area (TPSA) is 29.3 Å². The van der Waals surface area contributed by atoms with Crippen molar-refractivity contribution in [3.63, 3.8) is 0 Å². The van der Waals surface area contributed by atoms with E-state index in [9.17, 15) is 0 Å². The van der Waals surface area contributed by atoms with Gasteiger partial charge in [-0.3, -0.25) is 0 Å². The maximum absolute atomic E-state index is 5.91. The second kappa shape index (κ2) is 9.40. The Hall–Kier alpha value is -2.10. The maximum atomic E-state index is 5.91. The summed E-state index contributed by atoms with van der Waals surface area (Å²) in [5, 5.41) is 2.50. The maximum Gasteiger partial charge on any atom is 0.0478 e. The van der Waals surface area contributed by atoms with E-state index in [0.717, 1.165) is 13.0 Å². The standard InChI is InChI=1S/C22H28N2S/c1-5-20-12-13-22(16-21(20)6-2)25(4)24(17-18(3)23)15-14-19-10-8-7-9-11-19/h5-13,16H,3-4,14-15,17,23H2,1-2H3/b20-5-,21-6-. The molecule has 0 amide bonds. The highest BCUT2D eigenvalue weighted by molar-refractivity contribution is 8.12. The van der Waals surface area contributed by atoms with E-state index in [-0.39, 0.29) is 10.7 Å². The highest BCUT2D eigenvalue weighted by Gasteiger charge is 2.11. The van der Waals surface area contributed by atoms with Gasteiger partial charge in [-0.05, 0) is 48.4 Å². The van der Waals surface area contributed by atoms with Gasteiger partial charge in [0, 0.05) is 23.7 Å². The third-order valence-corrected chi connectivity index (χ3v) is 5.87. The molecule has 2 rings (SSSR count). The smallest absolute Gasteiger partial charge is 0.0478 e. The van der Waals surface area contributed by atoms with Gasteiger partial charge in [0.15, 0.2) is 0 Å². The Morgan fingerprint density at radius 1 is 1.08 bits per heavy atom. The predicted molar refractivity (Wildman–Crippen MR) is 114 cm³/mol. The molecule has 0 aliphatic rings. The molecule has 25 heavy (non-hydrogen) atoms. The van der Waals surface area contributed by atoms with Crippen LogP contribution in [0.2, 0.25) is 0 Å². The minimum atomic E-state index is -0.279. The van der Waals surface area contributed by atoms with Gasteiger partial charge in [0.25, 0.3) is 0 Å². The molecule has 2 aromatic rings. The first-order valence-electron chi connectivity index (χ1n) is 8.54. The summed E-state index contributed by atoms with van der Waals surface area (Å²) in [6.07, 6.45) is 5.25. The summed E-state index contributed by atoms with van der Waals surface area (Å²) in [6, 6.07) is 17.1. The molecular weight excluding hydrogens is 324 g/mol. The van der Waals surface area contributed by atoms with Gasteiger partial charge < -0.3 is 5.73 Å². The van der Waals surface area contributed by atoms with E-state index in [1.54, 1.807) is 0 Å². The summed E-state index contributed by atoms with van der Waals surface area (Å²) in [7, 11) is -0.279. The van der Waals surface area contributed by atoms with Gasteiger partial charge in [0.2, 0.25) is 0 Å². The van der Waals surface area contributed by atoms with E-state index in [4.69, 9.17) is 5.73 Å². The fourth-order valence-electron chi connectivity index (χ4n) is 2.75. The van der Waals surface area contributed by atoms with Crippen molar-refractivity contribution < 1.29 is 0 Å². The molecule has 2 N–H and O–H groups in total. The molecule has 0 aliphatic carbocycles. The Bertz CT molecular complexity index is 853. The highest BCUT2D eigenvalue weighted by atomic mass is 32.2. The number of nitrogens with zero attached hydrogens (tertiary/aromatic N) is 1. The lowest BCUT2D eigenvalue weighted by atomic mass is 10.1. The minimum Gasteiger partial charge on any atom is -0.401 e. The van der Waals surface area contributed by atoms with E-state index < -0.39 is 0 Å². The normalized spacial score (nSPS) is 14.0. The van der Waals surface area contributed by atoms with Crippen molar-refractivity contribution in [1.82, 2.24) is 4.31 Å². The zero-order valence-corrected chi connectivity index (χ0v) is 16.1. The van der Waals surface area contributed by atoms with Crippen molar-refractivity contribution in [1.29, 1.82) is 0 Å². The van der Waals surface area contributed by atoms with Gasteiger partial charge in [-0.15, -0.1) is 0 Å². The number of hydrogen-bond donors (Lipinski definition) is 1. The second-order valence-corrected chi connectivity index (χ2v) is 7.71. The van der Waals surface area contributed by atoms with Crippen LogP contribution in [0.3, 0.4) is 0 Å². The molecule has 0 radical (unpaired) electrons. The SMILES string of the molecule is C=C(N)CN(CCc1ccccc1)S(=C)c1ccc(=C/C)/c(=C\C)c1. The number of nitrogens with two attached hydrogens (primary N) is 1. The summed E-state index contributed by atoms with van der Waals surface area (Å²) in [4.78, 5) is 1.23. The van der Waals surface area contributed by atoms with E-state index >= 15 is 0 Å². The lowest BCUT2D eigenvalue weighted by Crippen LogP contribution is -2.27. The molecule has 0 heterocycles. The molecule has 0 fully saturated rings. The lowest BCUT2D eigenvalue weighted by molar-refractivity contribution is 0.508. The van der Waals surface area contributed by atoms with Crippen LogP contribution in [0.25, 0.3) is 12.2 Å². The second-order valence-electron chi connectivity index (χ2n) is 5.99. The Morgan fingerprint density at radius 3 is 2.36 bits per heavy atom. The molecule has 0 aliphatic heterocycles. The molecule has 1 unspecified atom stereocenters. The minimum absolute atomic E-state index is 0.279. The zero-order valence-electron chi connectivity index (χ0n) is 15.2. The third-order valence-electron chi connectivity index (χ3n) is 4.14. The molecule has 132 valence electrons. The van der Waals surface area contributed by atoms with Crippen LogP contribution >= 0.6 is 10.7 Å². The summed E-state index contributed by atoms with van der Waals surface area (Å²) in [5.74, 6) is 4.44. The third kappa shape index (κ3) is 5.45. The number of rotatable bonds is 7. The van der Waals surface area contributed by atoms with Crippen molar-refractivity contribution in [2.45, 2.75) is 25.2 Å². The fourth-order valence-corrected chi connectivity index (χ4v) is 4.17. The van der Waals surface area contributed by atoms with E-state index in [1.165, 1.54) is 20.9 Å². The first-order valence-corrected chi connectivity index (χ1v) is 9.89. The molecule has 2 aromatic carbocycles. The van der Waals surface area contributed by atoms with Gasteiger partial charge in [0.1, 0.15) is 0 Å². The fraction of sp³-hybridized carbons (Fsp3) is 0.227. The largest absolute Gasteiger partial charge is 0.401 e. The molecular formula is C22H28N2S. The van der Waals surface area contributed by atoms with E-state index in [0.29, 0.717) is 12.2 Å². The molecule has 0 bridgehead atoms. The van der Waals surface area contributed by atoms with Crippen molar-refractivity contribution in [3.8, 4) is 0 Å². The van der Waals surface area contributed by atoms with Crippen LogP contribution < -0.4 is 16.2 Å². The molecule has 3 heteroatoms. The molecule has 0 spiro atoms. The van der Waals surface area contributed by atoms with E-state index in [2.05, 4.69) is 85.2 Å². The van der Waals surface area contributed by atoms with Crippen LogP contribution in [0.4, 0.5) is 0 Å².